The second kappa shape index (κ2) is 6.16. The summed E-state index contributed by atoms with van der Waals surface area (Å²) in [6, 6.07) is 8.13. The molecule has 0 unspecified atom stereocenters. The summed E-state index contributed by atoms with van der Waals surface area (Å²) < 4.78 is 40.8. The second-order valence-corrected chi connectivity index (χ2v) is 6.52. The number of alkyl halides is 3. The summed E-state index contributed by atoms with van der Waals surface area (Å²) in [6.07, 6.45) is -5.24. The first-order chi connectivity index (χ1) is 11.7. The highest BCUT2D eigenvalue weighted by molar-refractivity contribution is 7.12. The van der Waals surface area contributed by atoms with E-state index >= 15 is 0 Å². The Labute approximate surface area is 144 Å². The Morgan fingerprint density at radius 3 is 2.40 bits per heavy atom. The van der Waals surface area contributed by atoms with Gasteiger partial charge in [0.25, 0.3) is 0 Å². The summed E-state index contributed by atoms with van der Waals surface area (Å²) in [5.74, 6) is -2.89. The molecule has 132 valence electrons. The average Bonchev–Trinajstić information content (AvgIpc) is 3.08. The molecule has 0 spiro atoms. The van der Waals surface area contributed by atoms with E-state index in [0.717, 1.165) is 11.3 Å². The van der Waals surface area contributed by atoms with Crippen LogP contribution in [0.15, 0.2) is 47.8 Å². The molecule has 0 aliphatic carbocycles. The SMILES string of the molecule is O=C1N[C@@H](c2ccccc2)[C@H](C(=O)c2cccs2)[C@](O)(C(F)(F)F)N1. The molecule has 0 radical (unpaired) electrons. The zero-order chi connectivity index (χ0) is 18.2. The third-order valence-electron chi connectivity index (χ3n) is 4.01. The Morgan fingerprint density at radius 2 is 1.84 bits per heavy atom. The highest BCUT2D eigenvalue weighted by Gasteiger charge is 2.66. The molecule has 3 N–H and O–H groups in total. The zero-order valence-corrected chi connectivity index (χ0v) is 13.4. The lowest BCUT2D eigenvalue weighted by atomic mass is 9.78. The fourth-order valence-electron chi connectivity index (χ4n) is 2.85. The van der Waals surface area contributed by atoms with E-state index in [-0.39, 0.29) is 10.4 Å². The molecule has 0 bridgehead atoms. The number of ketones is 1. The summed E-state index contributed by atoms with van der Waals surface area (Å²) in [4.78, 5) is 24.6. The summed E-state index contributed by atoms with van der Waals surface area (Å²) in [5, 5.41) is 15.7. The Morgan fingerprint density at radius 1 is 1.16 bits per heavy atom. The third-order valence-corrected chi connectivity index (χ3v) is 4.90. The normalized spacial score (nSPS) is 26.6. The summed E-state index contributed by atoms with van der Waals surface area (Å²) >= 11 is 0.966. The van der Waals surface area contributed by atoms with Crippen molar-refractivity contribution in [3.05, 3.63) is 58.3 Å². The maximum Gasteiger partial charge on any atom is 0.437 e. The molecular formula is C16H13F3N2O3S. The molecule has 0 saturated carbocycles. The minimum absolute atomic E-state index is 0.0616. The summed E-state index contributed by atoms with van der Waals surface area (Å²) in [5.41, 5.74) is -3.40. The van der Waals surface area contributed by atoms with Crippen molar-refractivity contribution >= 4 is 23.2 Å². The minimum Gasteiger partial charge on any atom is -0.363 e. The number of urea groups is 1. The van der Waals surface area contributed by atoms with Gasteiger partial charge in [-0.1, -0.05) is 36.4 Å². The van der Waals surface area contributed by atoms with E-state index in [2.05, 4.69) is 5.32 Å². The number of amides is 2. The topological polar surface area (TPSA) is 78.4 Å². The summed E-state index contributed by atoms with van der Waals surface area (Å²) in [6.45, 7) is 0. The monoisotopic (exact) mass is 370 g/mol. The van der Waals surface area contributed by atoms with E-state index in [4.69, 9.17) is 0 Å². The second-order valence-electron chi connectivity index (χ2n) is 5.57. The van der Waals surface area contributed by atoms with Crippen molar-refractivity contribution in [1.82, 2.24) is 10.6 Å². The van der Waals surface area contributed by atoms with E-state index in [1.165, 1.54) is 29.6 Å². The molecule has 1 fully saturated rings. The predicted molar refractivity (Wildman–Crippen MR) is 84.0 cm³/mol. The zero-order valence-electron chi connectivity index (χ0n) is 12.6. The molecule has 1 aromatic carbocycles. The summed E-state index contributed by atoms with van der Waals surface area (Å²) in [7, 11) is 0. The first-order valence-corrected chi connectivity index (χ1v) is 8.12. The van der Waals surface area contributed by atoms with Crippen LogP contribution in [0.5, 0.6) is 0 Å². The molecule has 2 heterocycles. The van der Waals surface area contributed by atoms with Crippen LogP contribution in [-0.2, 0) is 0 Å². The van der Waals surface area contributed by atoms with Crippen LogP contribution in [0.2, 0.25) is 0 Å². The molecule has 1 aromatic heterocycles. The van der Waals surface area contributed by atoms with Crippen molar-refractivity contribution in [3.63, 3.8) is 0 Å². The molecule has 2 amide bonds. The Kier molecular flexibility index (Phi) is 4.29. The number of rotatable bonds is 3. The van der Waals surface area contributed by atoms with Crippen molar-refractivity contribution in [2.24, 2.45) is 5.92 Å². The molecule has 1 aliphatic rings. The van der Waals surface area contributed by atoms with Crippen LogP contribution in [0.3, 0.4) is 0 Å². The number of nitrogens with one attached hydrogen (secondary N) is 2. The van der Waals surface area contributed by atoms with Gasteiger partial charge in [0.05, 0.1) is 10.9 Å². The molecule has 5 nitrogen and oxygen atoms in total. The molecule has 25 heavy (non-hydrogen) atoms. The van der Waals surface area contributed by atoms with Crippen LogP contribution in [0, 0.1) is 5.92 Å². The van der Waals surface area contributed by atoms with Gasteiger partial charge in [0.1, 0.15) is 5.92 Å². The highest BCUT2D eigenvalue weighted by Crippen LogP contribution is 2.44. The molecule has 3 atom stereocenters. The molecule has 2 aromatic rings. The number of carbonyl (C=O) groups is 2. The van der Waals surface area contributed by atoms with Crippen LogP contribution in [0.1, 0.15) is 21.3 Å². The largest absolute Gasteiger partial charge is 0.437 e. The quantitative estimate of drug-likeness (QED) is 0.727. The lowest BCUT2D eigenvalue weighted by molar-refractivity contribution is -0.287. The van der Waals surface area contributed by atoms with Gasteiger partial charge in [-0.3, -0.25) is 4.79 Å². The van der Waals surface area contributed by atoms with E-state index < -0.39 is 35.7 Å². The van der Waals surface area contributed by atoms with Crippen molar-refractivity contribution in [2.45, 2.75) is 17.9 Å². The standard InChI is InChI=1S/C16H13F3N2O3S/c17-16(18,19)15(24)11(13(22)10-7-4-8-25-10)12(20-14(23)21-15)9-5-2-1-3-6-9/h1-8,11-12,24H,(H2,20,21,23)/t11-,12+,15+/m1/s1. The Bertz CT molecular complexity index is 780. The van der Waals surface area contributed by atoms with Crippen LogP contribution >= 0.6 is 11.3 Å². The van der Waals surface area contributed by atoms with Gasteiger partial charge in [-0.2, -0.15) is 13.2 Å². The maximum atomic E-state index is 13.6. The van der Waals surface area contributed by atoms with E-state index in [0.29, 0.717) is 0 Å². The molecular weight excluding hydrogens is 357 g/mol. The number of thiophene rings is 1. The lowest BCUT2D eigenvalue weighted by Crippen LogP contribution is -2.72. The molecule has 1 aliphatic heterocycles. The van der Waals surface area contributed by atoms with Gasteiger partial charge < -0.3 is 15.7 Å². The fourth-order valence-corrected chi connectivity index (χ4v) is 3.55. The van der Waals surface area contributed by atoms with Gasteiger partial charge in [0, 0.05) is 0 Å². The smallest absolute Gasteiger partial charge is 0.363 e. The van der Waals surface area contributed by atoms with Crippen molar-refractivity contribution in [2.75, 3.05) is 0 Å². The number of carbonyl (C=O) groups excluding carboxylic acids is 2. The van der Waals surface area contributed by atoms with E-state index in [1.807, 2.05) is 0 Å². The third kappa shape index (κ3) is 3.00. The van der Waals surface area contributed by atoms with Gasteiger partial charge in [0.2, 0.25) is 5.72 Å². The predicted octanol–water partition coefficient (Wildman–Crippen LogP) is 2.85. The maximum absolute atomic E-state index is 13.6. The molecule has 9 heteroatoms. The van der Waals surface area contributed by atoms with Gasteiger partial charge in [0.15, 0.2) is 5.78 Å². The number of aliphatic hydroxyl groups is 1. The number of hydrogen-bond acceptors (Lipinski definition) is 4. The number of Topliss-reactive ketones (excluding diaryl/α,β-unsaturated/α-hetero) is 1. The lowest BCUT2D eigenvalue weighted by Gasteiger charge is -2.44. The van der Waals surface area contributed by atoms with E-state index in [1.54, 1.807) is 23.6 Å². The highest BCUT2D eigenvalue weighted by atomic mass is 32.1. The van der Waals surface area contributed by atoms with Crippen LogP contribution in [-0.4, -0.2) is 28.8 Å². The number of halogens is 3. The fraction of sp³-hybridized carbons (Fsp3) is 0.250. The average molecular weight is 370 g/mol. The molecule has 1 saturated heterocycles. The first kappa shape index (κ1) is 17.4. The van der Waals surface area contributed by atoms with Gasteiger partial charge in [-0.15, -0.1) is 11.3 Å². The van der Waals surface area contributed by atoms with Gasteiger partial charge in [-0.05, 0) is 17.0 Å². The van der Waals surface area contributed by atoms with Crippen molar-refractivity contribution < 1.29 is 27.9 Å². The van der Waals surface area contributed by atoms with Crippen LogP contribution in [0.25, 0.3) is 0 Å². The van der Waals surface area contributed by atoms with Crippen molar-refractivity contribution in [1.29, 1.82) is 0 Å². The number of hydrogen-bond donors (Lipinski definition) is 3. The van der Waals surface area contributed by atoms with E-state index in [9.17, 15) is 27.9 Å². The van der Waals surface area contributed by atoms with Crippen LogP contribution < -0.4 is 10.6 Å². The number of benzene rings is 1. The molecule has 3 rings (SSSR count). The van der Waals surface area contributed by atoms with Crippen LogP contribution in [0.4, 0.5) is 18.0 Å². The Hall–Kier alpha value is -2.39. The first-order valence-electron chi connectivity index (χ1n) is 7.24. The van der Waals surface area contributed by atoms with Gasteiger partial charge in [-0.25, -0.2) is 4.79 Å². The Balaban J connectivity index is 2.15. The minimum atomic E-state index is -5.24. The van der Waals surface area contributed by atoms with Gasteiger partial charge >= 0.3 is 12.2 Å². The van der Waals surface area contributed by atoms with Crippen molar-refractivity contribution in [3.8, 4) is 0 Å².